The third-order valence-corrected chi connectivity index (χ3v) is 5.12. The van der Waals surface area contributed by atoms with Crippen molar-refractivity contribution in [3.8, 4) is 5.75 Å². The molecule has 2 aliphatic heterocycles. The number of nitrogens with zero attached hydrogens (tertiary/aromatic N) is 3. The van der Waals surface area contributed by atoms with Gasteiger partial charge in [0.2, 0.25) is 0 Å². The van der Waals surface area contributed by atoms with Gasteiger partial charge in [-0.05, 0) is 43.9 Å². The maximum Gasteiger partial charge on any atom is 0.320 e. The van der Waals surface area contributed by atoms with E-state index in [-0.39, 0.29) is 12.1 Å². The number of carbonyl (C=O) groups is 1. The molecule has 2 fully saturated rings. The Morgan fingerprint density at radius 2 is 1.96 bits per heavy atom. The number of hydrogen-bond acceptors (Lipinski definition) is 3. The number of piperidine rings is 1. The minimum Gasteiger partial charge on any atom is -0.497 e. The standard InChI is InChI=1S/C19H29N3O2/c1-16-14-20(15-17-7-6-8-18(13-17)24-2)11-12-22(16)19(23)21-9-4-3-5-10-21/h6-8,13,16H,3-5,9-12,14-15H2,1-2H3/t16-/m0/s1. The molecule has 1 aromatic carbocycles. The van der Waals surface area contributed by atoms with E-state index in [2.05, 4.69) is 28.9 Å². The van der Waals surface area contributed by atoms with E-state index < -0.39 is 0 Å². The molecule has 0 aliphatic carbocycles. The molecule has 2 heterocycles. The first-order valence-corrected chi connectivity index (χ1v) is 9.08. The van der Waals surface area contributed by atoms with Crippen LogP contribution in [-0.4, -0.2) is 66.6 Å². The number of piperazine rings is 1. The second-order valence-electron chi connectivity index (χ2n) is 6.96. The minimum atomic E-state index is 0.239. The van der Waals surface area contributed by atoms with Gasteiger partial charge in [-0.15, -0.1) is 0 Å². The summed E-state index contributed by atoms with van der Waals surface area (Å²) >= 11 is 0. The Hall–Kier alpha value is -1.75. The summed E-state index contributed by atoms with van der Waals surface area (Å²) in [4.78, 5) is 19.3. The van der Waals surface area contributed by atoms with Crippen molar-refractivity contribution in [2.45, 2.75) is 38.8 Å². The fourth-order valence-electron chi connectivity index (χ4n) is 3.76. The second kappa shape index (κ2) is 7.88. The fraction of sp³-hybridized carbons (Fsp3) is 0.632. The Balaban J connectivity index is 1.55. The molecule has 0 unspecified atom stereocenters. The molecule has 0 bridgehead atoms. The molecule has 0 N–H and O–H groups in total. The molecular weight excluding hydrogens is 302 g/mol. The maximum absolute atomic E-state index is 12.7. The van der Waals surface area contributed by atoms with Gasteiger partial charge in [-0.1, -0.05) is 12.1 Å². The van der Waals surface area contributed by atoms with Gasteiger partial charge in [0.1, 0.15) is 5.75 Å². The molecule has 1 atom stereocenters. The summed E-state index contributed by atoms with van der Waals surface area (Å²) in [5, 5.41) is 0. The van der Waals surface area contributed by atoms with Crippen LogP contribution in [-0.2, 0) is 6.54 Å². The van der Waals surface area contributed by atoms with E-state index in [1.54, 1.807) is 7.11 Å². The molecule has 0 radical (unpaired) electrons. The Morgan fingerprint density at radius 1 is 1.17 bits per heavy atom. The molecule has 132 valence electrons. The Kier molecular flexibility index (Phi) is 5.61. The van der Waals surface area contributed by atoms with Gasteiger partial charge in [-0.25, -0.2) is 4.79 Å². The molecule has 0 saturated carbocycles. The first-order valence-electron chi connectivity index (χ1n) is 9.08. The second-order valence-corrected chi connectivity index (χ2v) is 6.96. The molecular formula is C19H29N3O2. The summed E-state index contributed by atoms with van der Waals surface area (Å²) in [6, 6.07) is 8.74. The van der Waals surface area contributed by atoms with Crippen LogP contribution >= 0.6 is 0 Å². The predicted molar refractivity (Wildman–Crippen MR) is 95.3 cm³/mol. The average Bonchev–Trinajstić information content (AvgIpc) is 2.62. The summed E-state index contributed by atoms with van der Waals surface area (Å²) in [6.45, 7) is 7.61. The molecule has 2 saturated heterocycles. The average molecular weight is 331 g/mol. The van der Waals surface area contributed by atoms with Crippen molar-refractivity contribution < 1.29 is 9.53 Å². The first kappa shape index (κ1) is 17.1. The highest BCUT2D eigenvalue weighted by Crippen LogP contribution is 2.19. The lowest BCUT2D eigenvalue weighted by molar-refractivity contribution is 0.0741. The highest BCUT2D eigenvalue weighted by Gasteiger charge is 2.30. The van der Waals surface area contributed by atoms with Crippen molar-refractivity contribution in [1.82, 2.24) is 14.7 Å². The van der Waals surface area contributed by atoms with E-state index in [1.807, 2.05) is 17.0 Å². The molecule has 0 aromatic heterocycles. The van der Waals surface area contributed by atoms with Gasteiger partial charge in [0.25, 0.3) is 0 Å². The zero-order chi connectivity index (χ0) is 16.9. The van der Waals surface area contributed by atoms with Crippen LogP contribution in [0.3, 0.4) is 0 Å². The van der Waals surface area contributed by atoms with Crippen molar-refractivity contribution in [1.29, 1.82) is 0 Å². The summed E-state index contributed by atoms with van der Waals surface area (Å²) in [5.74, 6) is 0.902. The number of benzene rings is 1. The minimum absolute atomic E-state index is 0.239. The zero-order valence-corrected chi connectivity index (χ0v) is 14.9. The molecule has 5 heteroatoms. The van der Waals surface area contributed by atoms with E-state index >= 15 is 0 Å². The van der Waals surface area contributed by atoms with Crippen LogP contribution < -0.4 is 4.74 Å². The van der Waals surface area contributed by atoms with Crippen molar-refractivity contribution in [3.63, 3.8) is 0 Å². The van der Waals surface area contributed by atoms with Crippen LogP contribution in [0.25, 0.3) is 0 Å². The lowest BCUT2D eigenvalue weighted by Crippen LogP contribution is -2.57. The van der Waals surface area contributed by atoms with Crippen LogP contribution in [0, 0.1) is 0 Å². The number of hydrogen-bond donors (Lipinski definition) is 0. The summed E-state index contributed by atoms with van der Waals surface area (Å²) < 4.78 is 5.30. The van der Waals surface area contributed by atoms with Crippen LogP contribution in [0.15, 0.2) is 24.3 Å². The molecule has 5 nitrogen and oxygen atoms in total. The lowest BCUT2D eigenvalue weighted by Gasteiger charge is -2.42. The van der Waals surface area contributed by atoms with Gasteiger partial charge < -0.3 is 14.5 Å². The smallest absolute Gasteiger partial charge is 0.320 e. The normalized spacial score (nSPS) is 22.5. The largest absolute Gasteiger partial charge is 0.497 e. The molecule has 0 spiro atoms. The number of likely N-dealkylation sites (tertiary alicyclic amines) is 1. The van der Waals surface area contributed by atoms with Gasteiger partial charge in [-0.3, -0.25) is 4.90 Å². The number of carbonyl (C=O) groups excluding carboxylic acids is 1. The number of ether oxygens (including phenoxy) is 1. The third kappa shape index (κ3) is 4.01. The van der Waals surface area contributed by atoms with Gasteiger partial charge in [0.05, 0.1) is 7.11 Å². The quantitative estimate of drug-likeness (QED) is 0.854. The van der Waals surface area contributed by atoms with E-state index in [9.17, 15) is 4.79 Å². The van der Waals surface area contributed by atoms with E-state index in [0.29, 0.717) is 0 Å². The Labute approximate surface area is 145 Å². The molecule has 3 rings (SSSR count). The van der Waals surface area contributed by atoms with Gasteiger partial charge in [-0.2, -0.15) is 0 Å². The topological polar surface area (TPSA) is 36.0 Å². The monoisotopic (exact) mass is 331 g/mol. The van der Waals surface area contributed by atoms with Crippen molar-refractivity contribution >= 4 is 6.03 Å². The highest BCUT2D eigenvalue weighted by molar-refractivity contribution is 5.75. The fourth-order valence-corrected chi connectivity index (χ4v) is 3.76. The summed E-state index contributed by atoms with van der Waals surface area (Å²) in [7, 11) is 1.70. The van der Waals surface area contributed by atoms with Gasteiger partial charge >= 0.3 is 6.03 Å². The highest BCUT2D eigenvalue weighted by atomic mass is 16.5. The van der Waals surface area contributed by atoms with Gasteiger partial charge in [0.15, 0.2) is 0 Å². The van der Waals surface area contributed by atoms with Crippen molar-refractivity contribution in [2.75, 3.05) is 39.8 Å². The molecule has 24 heavy (non-hydrogen) atoms. The van der Waals surface area contributed by atoms with Crippen LogP contribution in [0.5, 0.6) is 5.75 Å². The Bertz CT molecular complexity index is 557. The number of urea groups is 1. The predicted octanol–water partition coefficient (Wildman–Crippen LogP) is 2.81. The molecule has 2 aliphatic rings. The number of methoxy groups -OCH3 is 1. The lowest BCUT2D eigenvalue weighted by atomic mass is 10.1. The maximum atomic E-state index is 12.7. The summed E-state index contributed by atoms with van der Waals surface area (Å²) in [5.41, 5.74) is 1.26. The van der Waals surface area contributed by atoms with E-state index in [4.69, 9.17) is 4.74 Å². The van der Waals surface area contributed by atoms with E-state index in [1.165, 1.54) is 12.0 Å². The van der Waals surface area contributed by atoms with Crippen LogP contribution in [0.2, 0.25) is 0 Å². The number of rotatable bonds is 3. The SMILES string of the molecule is COc1cccc(CN2CCN(C(=O)N3CCCCC3)[C@@H](C)C2)c1. The molecule has 2 amide bonds. The van der Waals surface area contributed by atoms with Crippen molar-refractivity contribution in [2.24, 2.45) is 0 Å². The third-order valence-electron chi connectivity index (χ3n) is 5.12. The zero-order valence-electron chi connectivity index (χ0n) is 14.9. The van der Waals surface area contributed by atoms with Crippen LogP contribution in [0.1, 0.15) is 31.7 Å². The molecule has 1 aromatic rings. The number of amides is 2. The van der Waals surface area contributed by atoms with Crippen molar-refractivity contribution in [3.05, 3.63) is 29.8 Å². The van der Waals surface area contributed by atoms with E-state index in [0.717, 1.165) is 57.9 Å². The summed E-state index contributed by atoms with van der Waals surface area (Å²) in [6.07, 6.45) is 3.56. The Morgan fingerprint density at radius 3 is 2.67 bits per heavy atom. The van der Waals surface area contributed by atoms with Gasteiger partial charge in [0, 0.05) is 45.3 Å². The first-order chi connectivity index (χ1) is 11.7. The van der Waals surface area contributed by atoms with Crippen LogP contribution in [0.4, 0.5) is 4.79 Å².